The molecule has 0 amide bonds. The first-order valence-corrected chi connectivity index (χ1v) is 15.7. The molecular formula is C40H32N2S. The summed E-state index contributed by atoms with van der Waals surface area (Å²) in [6.07, 6.45) is 0. The number of hydrogen-bond acceptors (Lipinski definition) is 2. The SMILES string of the molecule is CC(C)(C)n1c2ccccc2c2cc(-c3ccccc3N(c3ccccc3)c3ccc4sc5ccccc5c4c3)ccc21. The summed E-state index contributed by atoms with van der Waals surface area (Å²) < 4.78 is 5.11. The van der Waals surface area contributed by atoms with Crippen molar-refractivity contribution >= 4 is 70.4 Å². The highest BCUT2D eigenvalue weighted by Gasteiger charge is 2.22. The van der Waals surface area contributed by atoms with Crippen LogP contribution in [-0.4, -0.2) is 4.57 Å². The van der Waals surface area contributed by atoms with E-state index in [1.165, 1.54) is 53.1 Å². The van der Waals surface area contributed by atoms with Gasteiger partial charge in [0, 0.05) is 64.5 Å². The van der Waals surface area contributed by atoms with E-state index in [1.54, 1.807) is 0 Å². The van der Waals surface area contributed by atoms with E-state index in [-0.39, 0.29) is 5.54 Å². The monoisotopic (exact) mass is 572 g/mol. The fraction of sp³-hybridized carbons (Fsp3) is 0.100. The maximum atomic E-state index is 2.48. The number of anilines is 3. The van der Waals surface area contributed by atoms with Crippen molar-refractivity contribution < 1.29 is 0 Å². The Balaban J connectivity index is 1.36. The maximum Gasteiger partial charge on any atom is 0.0540 e. The van der Waals surface area contributed by atoms with Crippen molar-refractivity contribution in [1.29, 1.82) is 0 Å². The van der Waals surface area contributed by atoms with Crippen molar-refractivity contribution in [1.82, 2.24) is 4.57 Å². The number of para-hydroxylation sites is 3. The molecule has 43 heavy (non-hydrogen) atoms. The molecule has 0 bridgehead atoms. The van der Waals surface area contributed by atoms with Gasteiger partial charge in [0.05, 0.1) is 5.69 Å². The van der Waals surface area contributed by atoms with Gasteiger partial charge in [-0.1, -0.05) is 78.9 Å². The smallest absolute Gasteiger partial charge is 0.0540 e. The normalized spacial score (nSPS) is 12.1. The standard InChI is InChI=1S/C40H32N2S/c1-40(2,3)42-36-19-11-8-16-31(36)33-25-27(21-23-37(33)42)30-15-7-10-18-35(30)41(28-13-5-4-6-14-28)29-22-24-39-34(26-29)32-17-9-12-20-38(32)43-39/h4-26H,1-3H3. The number of rotatable bonds is 4. The Labute approximate surface area is 256 Å². The van der Waals surface area contributed by atoms with Gasteiger partial charge in [-0.25, -0.2) is 0 Å². The van der Waals surface area contributed by atoms with Crippen LogP contribution >= 0.6 is 11.3 Å². The van der Waals surface area contributed by atoms with Gasteiger partial charge in [0.1, 0.15) is 0 Å². The van der Waals surface area contributed by atoms with Crippen molar-refractivity contribution in [2.45, 2.75) is 26.3 Å². The lowest BCUT2D eigenvalue weighted by atomic mass is 9.99. The number of nitrogens with zero attached hydrogens (tertiary/aromatic N) is 2. The van der Waals surface area contributed by atoms with Gasteiger partial charge in [-0.05, 0) is 87.0 Å². The first kappa shape index (κ1) is 25.8. The third-order valence-electron chi connectivity index (χ3n) is 8.43. The second-order valence-electron chi connectivity index (χ2n) is 12.2. The Bertz CT molecular complexity index is 2280. The van der Waals surface area contributed by atoms with Crippen LogP contribution in [0.15, 0.2) is 140 Å². The highest BCUT2D eigenvalue weighted by atomic mass is 32.1. The van der Waals surface area contributed by atoms with E-state index in [0.717, 1.165) is 17.1 Å². The van der Waals surface area contributed by atoms with Gasteiger partial charge < -0.3 is 9.47 Å². The van der Waals surface area contributed by atoms with Crippen molar-refractivity contribution in [3.05, 3.63) is 140 Å². The van der Waals surface area contributed by atoms with E-state index in [1.807, 2.05) is 11.3 Å². The molecule has 0 saturated carbocycles. The highest BCUT2D eigenvalue weighted by Crippen LogP contribution is 2.44. The quantitative estimate of drug-likeness (QED) is 0.204. The van der Waals surface area contributed by atoms with Crippen molar-refractivity contribution in [3.8, 4) is 11.1 Å². The fourth-order valence-corrected chi connectivity index (χ4v) is 7.72. The minimum Gasteiger partial charge on any atom is -0.335 e. The Hall–Kier alpha value is -4.86. The number of hydrogen-bond donors (Lipinski definition) is 0. The van der Waals surface area contributed by atoms with E-state index in [2.05, 4.69) is 170 Å². The zero-order chi connectivity index (χ0) is 29.1. The average Bonchev–Trinajstić information content (AvgIpc) is 3.57. The molecule has 0 aliphatic carbocycles. The van der Waals surface area contributed by atoms with E-state index in [4.69, 9.17) is 0 Å². The van der Waals surface area contributed by atoms with Gasteiger partial charge >= 0.3 is 0 Å². The molecule has 2 nitrogen and oxygen atoms in total. The second-order valence-corrected chi connectivity index (χ2v) is 13.3. The summed E-state index contributed by atoms with van der Waals surface area (Å²) in [5.41, 5.74) is 8.38. The van der Waals surface area contributed by atoms with Crippen LogP contribution in [0.4, 0.5) is 17.1 Å². The molecule has 208 valence electrons. The molecule has 6 aromatic carbocycles. The Morgan fingerprint density at radius 3 is 2.02 bits per heavy atom. The highest BCUT2D eigenvalue weighted by molar-refractivity contribution is 7.25. The molecule has 8 rings (SSSR count). The van der Waals surface area contributed by atoms with Crippen molar-refractivity contribution in [2.75, 3.05) is 4.90 Å². The molecule has 0 N–H and O–H groups in total. The molecule has 8 aromatic rings. The van der Waals surface area contributed by atoms with E-state index in [0.29, 0.717) is 0 Å². The van der Waals surface area contributed by atoms with Crippen molar-refractivity contribution in [2.24, 2.45) is 0 Å². The molecule has 0 atom stereocenters. The first-order valence-electron chi connectivity index (χ1n) is 14.9. The summed E-state index contributed by atoms with van der Waals surface area (Å²) in [7, 11) is 0. The number of thiophene rings is 1. The third-order valence-corrected chi connectivity index (χ3v) is 9.58. The van der Waals surface area contributed by atoms with Crippen LogP contribution in [0.5, 0.6) is 0 Å². The Kier molecular flexibility index (Phi) is 5.92. The predicted octanol–water partition coefficient (Wildman–Crippen LogP) is 12.1. The van der Waals surface area contributed by atoms with Gasteiger partial charge in [-0.3, -0.25) is 0 Å². The molecule has 0 fully saturated rings. The van der Waals surface area contributed by atoms with Crippen LogP contribution < -0.4 is 4.90 Å². The van der Waals surface area contributed by atoms with Crippen LogP contribution in [-0.2, 0) is 5.54 Å². The Morgan fingerprint density at radius 2 is 1.19 bits per heavy atom. The predicted molar refractivity (Wildman–Crippen MR) is 187 cm³/mol. The zero-order valence-corrected chi connectivity index (χ0v) is 25.4. The zero-order valence-electron chi connectivity index (χ0n) is 24.6. The summed E-state index contributed by atoms with van der Waals surface area (Å²) in [5.74, 6) is 0. The molecule has 0 aliphatic heterocycles. The van der Waals surface area contributed by atoms with Gasteiger partial charge in [-0.15, -0.1) is 11.3 Å². The summed E-state index contributed by atoms with van der Waals surface area (Å²) in [6.45, 7) is 6.86. The van der Waals surface area contributed by atoms with Gasteiger partial charge in [0.15, 0.2) is 0 Å². The van der Waals surface area contributed by atoms with Crippen molar-refractivity contribution in [3.63, 3.8) is 0 Å². The maximum absolute atomic E-state index is 2.48. The molecule has 3 heteroatoms. The van der Waals surface area contributed by atoms with Crippen LogP contribution in [0.3, 0.4) is 0 Å². The summed E-state index contributed by atoms with van der Waals surface area (Å²) >= 11 is 1.86. The first-order chi connectivity index (χ1) is 21.0. The second kappa shape index (κ2) is 9.86. The fourth-order valence-electron chi connectivity index (χ4n) is 6.63. The van der Waals surface area contributed by atoms with Crippen LogP contribution in [0, 0.1) is 0 Å². The van der Waals surface area contributed by atoms with Gasteiger partial charge in [0.2, 0.25) is 0 Å². The largest absolute Gasteiger partial charge is 0.335 e. The summed E-state index contributed by atoms with van der Waals surface area (Å²) in [5, 5.41) is 5.19. The molecule has 2 heterocycles. The molecule has 0 unspecified atom stereocenters. The van der Waals surface area contributed by atoms with E-state index >= 15 is 0 Å². The van der Waals surface area contributed by atoms with Gasteiger partial charge in [0.25, 0.3) is 0 Å². The van der Waals surface area contributed by atoms with Crippen LogP contribution in [0.2, 0.25) is 0 Å². The minimum atomic E-state index is -0.0324. The molecule has 0 aliphatic rings. The number of benzene rings is 6. The minimum absolute atomic E-state index is 0.0324. The van der Waals surface area contributed by atoms with Crippen LogP contribution in [0.1, 0.15) is 20.8 Å². The topological polar surface area (TPSA) is 8.17 Å². The number of aromatic nitrogens is 1. The number of fused-ring (bicyclic) bond motifs is 6. The molecule has 0 radical (unpaired) electrons. The van der Waals surface area contributed by atoms with E-state index < -0.39 is 0 Å². The Morgan fingerprint density at radius 1 is 0.512 bits per heavy atom. The van der Waals surface area contributed by atoms with E-state index in [9.17, 15) is 0 Å². The molecule has 0 spiro atoms. The lowest BCUT2D eigenvalue weighted by Gasteiger charge is -2.28. The summed E-state index contributed by atoms with van der Waals surface area (Å²) in [6, 6.07) is 51.0. The summed E-state index contributed by atoms with van der Waals surface area (Å²) in [4.78, 5) is 2.41. The third kappa shape index (κ3) is 4.23. The molecule has 2 aromatic heterocycles. The molecular weight excluding hydrogens is 541 g/mol. The lowest BCUT2D eigenvalue weighted by molar-refractivity contribution is 0.423. The lowest BCUT2D eigenvalue weighted by Crippen LogP contribution is -2.21. The molecule has 0 saturated heterocycles. The average molecular weight is 573 g/mol. The van der Waals surface area contributed by atoms with Crippen LogP contribution in [0.25, 0.3) is 53.1 Å². The van der Waals surface area contributed by atoms with Gasteiger partial charge in [-0.2, -0.15) is 0 Å².